The van der Waals surface area contributed by atoms with Gasteiger partial charge in [0.25, 0.3) is 5.69 Å². The molecule has 0 saturated heterocycles. The Labute approximate surface area is 96.5 Å². The molecule has 1 aromatic heterocycles. The molecule has 0 aliphatic heterocycles. The van der Waals surface area contributed by atoms with Gasteiger partial charge in [-0.05, 0) is 28.7 Å². The van der Waals surface area contributed by atoms with Gasteiger partial charge in [-0.2, -0.15) is 0 Å². The molecule has 0 fully saturated rings. The van der Waals surface area contributed by atoms with Gasteiger partial charge in [0.1, 0.15) is 8.63 Å². The van der Waals surface area contributed by atoms with Gasteiger partial charge in [0.05, 0.1) is 4.92 Å². The number of benzene rings is 1. The van der Waals surface area contributed by atoms with E-state index in [0.29, 0.717) is 5.39 Å². The molecule has 2 aromatic rings. The maximum absolute atomic E-state index is 10.5. The molecule has 0 radical (unpaired) electrons. The highest BCUT2D eigenvalue weighted by atomic mass is 127. The van der Waals surface area contributed by atoms with Crippen LogP contribution in [0, 0.1) is 13.0 Å². The molecule has 0 aliphatic rings. The van der Waals surface area contributed by atoms with Crippen molar-refractivity contribution in [1.82, 2.24) is 0 Å². The van der Waals surface area contributed by atoms with E-state index in [1.807, 2.05) is 22.6 Å². The lowest BCUT2D eigenvalue weighted by Gasteiger charge is -1.91. The number of aromatic hydroxyl groups is 1. The summed E-state index contributed by atoms with van der Waals surface area (Å²) >= 11 is 3.42. The third kappa shape index (κ3) is 1.44. The van der Waals surface area contributed by atoms with Crippen LogP contribution in [0.2, 0.25) is 0 Å². The zero-order chi connectivity index (χ0) is 10.3. The molecule has 0 atom stereocenters. The summed E-state index contributed by atoms with van der Waals surface area (Å²) in [6.45, 7) is 0. The molecule has 1 N–H and O–H groups in total. The number of rotatable bonds is 1. The predicted octanol–water partition coefficient (Wildman–Crippen LogP) is 3.12. The van der Waals surface area contributed by atoms with E-state index >= 15 is 0 Å². The van der Waals surface area contributed by atoms with E-state index in [1.165, 1.54) is 23.5 Å². The second kappa shape index (κ2) is 3.35. The third-order valence-corrected chi connectivity index (χ3v) is 3.93. The fraction of sp³-hybridized carbons (Fsp3) is 0. The molecule has 0 aliphatic carbocycles. The van der Waals surface area contributed by atoms with E-state index in [9.17, 15) is 15.2 Å². The van der Waals surface area contributed by atoms with Crippen molar-refractivity contribution in [2.75, 3.05) is 0 Å². The van der Waals surface area contributed by atoms with Gasteiger partial charge in [-0.3, -0.25) is 10.1 Å². The number of hydrogen-bond donors (Lipinski definition) is 1. The minimum absolute atomic E-state index is 0.00185. The van der Waals surface area contributed by atoms with Gasteiger partial charge in [-0.15, -0.1) is 11.3 Å². The molecule has 72 valence electrons. The quantitative estimate of drug-likeness (QED) is 0.499. The molecule has 2 rings (SSSR count). The van der Waals surface area contributed by atoms with Crippen LogP contribution in [-0.4, -0.2) is 10.0 Å². The Kier molecular flexibility index (Phi) is 2.31. The summed E-state index contributed by atoms with van der Waals surface area (Å²) in [7, 11) is 0. The van der Waals surface area contributed by atoms with Gasteiger partial charge in [0, 0.05) is 22.2 Å². The number of nitro benzene ring substituents is 1. The lowest BCUT2D eigenvalue weighted by atomic mass is 10.2. The highest BCUT2D eigenvalue weighted by molar-refractivity contribution is 14.1. The first-order valence-electron chi connectivity index (χ1n) is 3.65. The summed E-state index contributed by atoms with van der Waals surface area (Å²) in [6.07, 6.45) is 0. The summed E-state index contributed by atoms with van der Waals surface area (Å²) in [5.41, 5.74) is 0.00185. The summed E-state index contributed by atoms with van der Waals surface area (Å²) in [6, 6.07) is 4.48. The minimum atomic E-state index is -0.469. The highest BCUT2D eigenvalue weighted by Crippen LogP contribution is 2.39. The van der Waals surface area contributed by atoms with Gasteiger partial charge in [-0.25, -0.2) is 0 Å². The van der Waals surface area contributed by atoms with Gasteiger partial charge < -0.3 is 5.11 Å². The monoisotopic (exact) mass is 321 g/mol. The fourth-order valence-corrected chi connectivity index (χ4v) is 2.96. The van der Waals surface area contributed by atoms with Crippen molar-refractivity contribution in [3.05, 3.63) is 31.2 Å². The Bertz CT molecular complexity index is 523. The van der Waals surface area contributed by atoms with Gasteiger partial charge in [-0.1, -0.05) is 0 Å². The second-order valence-electron chi connectivity index (χ2n) is 2.66. The Hall–Kier alpha value is -0.890. The van der Waals surface area contributed by atoms with Gasteiger partial charge in [0.15, 0.2) is 0 Å². The van der Waals surface area contributed by atoms with Crippen molar-refractivity contribution in [3.8, 4) is 5.75 Å². The third-order valence-electron chi connectivity index (χ3n) is 1.81. The van der Waals surface area contributed by atoms with Crippen LogP contribution in [0.1, 0.15) is 0 Å². The van der Waals surface area contributed by atoms with Crippen LogP contribution in [0.15, 0.2) is 18.2 Å². The van der Waals surface area contributed by atoms with Gasteiger partial charge >= 0.3 is 0 Å². The van der Waals surface area contributed by atoms with Crippen molar-refractivity contribution >= 4 is 49.7 Å². The van der Waals surface area contributed by atoms with Crippen LogP contribution in [0.5, 0.6) is 5.75 Å². The van der Waals surface area contributed by atoms with Crippen LogP contribution in [0.3, 0.4) is 0 Å². The van der Waals surface area contributed by atoms with Gasteiger partial charge in [0.2, 0.25) is 0 Å². The van der Waals surface area contributed by atoms with Crippen LogP contribution in [0.4, 0.5) is 5.69 Å². The van der Waals surface area contributed by atoms with Crippen molar-refractivity contribution in [2.45, 2.75) is 0 Å². The summed E-state index contributed by atoms with van der Waals surface area (Å²) in [5, 5.41) is 20.6. The summed E-state index contributed by atoms with van der Waals surface area (Å²) in [5.74, 6) is 0.134. The topological polar surface area (TPSA) is 63.4 Å². The molecule has 0 unspecified atom stereocenters. The molecule has 6 heteroatoms. The molecule has 0 bridgehead atoms. The van der Waals surface area contributed by atoms with Crippen molar-refractivity contribution in [1.29, 1.82) is 0 Å². The first-order valence-corrected chi connectivity index (χ1v) is 5.54. The number of thiophene rings is 1. The van der Waals surface area contributed by atoms with E-state index in [-0.39, 0.29) is 11.4 Å². The average Bonchev–Trinajstić information content (AvgIpc) is 2.43. The zero-order valence-corrected chi connectivity index (χ0v) is 9.70. The van der Waals surface area contributed by atoms with Crippen LogP contribution in [-0.2, 0) is 0 Å². The number of nitro groups is 1. The Morgan fingerprint density at radius 1 is 1.50 bits per heavy atom. The number of hydrogen-bond acceptors (Lipinski definition) is 4. The lowest BCUT2D eigenvalue weighted by molar-refractivity contribution is -0.384. The number of fused-ring (bicyclic) bond motifs is 1. The second-order valence-corrected chi connectivity index (χ2v) is 5.52. The predicted molar refractivity (Wildman–Crippen MR) is 62.9 cm³/mol. The first kappa shape index (κ1) is 9.66. The van der Waals surface area contributed by atoms with E-state index in [2.05, 4.69) is 0 Å². The first-order chi connectivity index (χ1) is 6.59. The van der Waals surface area contributed by atoms with Crippen LogP contribution in [0.25, 0.3) is 10.1 Å². The fourth-order valence-electron chi connectivity index (χ4n) is 1.16. The molecule has 0 saturated carbocycles. The van der Waals surface area contributed by atoms with E-state index in [0.717, 1.165) is 7.58 Å². The Balaban J connectivity index is 2.76. The molecule has 1 aromatic carbocycles. The summed E-state index contributed by atoms with van der Waals surface area (Å²) < 4.78 is 1.61. The average molecular weight is 321 g/mol. The normalized spacial score (nSPS) is 10.6. The molecule has 1 heterocycles. The summed E-state index contributed by atoms with van der Waals surface area (Å²) in [4.78, 5) is 10.0. The van der Waals surface area contributed by atoms with Crippen LogP contribution >= 0.6 is 33.9 Å². The molecule has 14 heavy (non-hydrogen) atoms. The van der Waals surface area contributed by atoms with E-state index in [1.54, 1.807) is 6.07 Å². The highest BCUT2D eigenvalue weighted by Gasteiger charge is 2.13. The zero-order valence-electron chi connectivity index (χ0n) is 6.73. The van der Waals surface area contributed by atoms with Crippen LogP contribution < -0.4 is 0 Å². The molecular weight excluding hydrogens is 317 g/mol. The number of nitrogens with zero attached hydrogens (tertiary/aromatic N) is 1. The molecular formula is C8H4INO3S. The Morgan fingerprint density at radius 2 is 2.21 bits per heavy atom. The molecule has 0 amide bonds. The lowest BCUT2D eigenvalue weighted by Crippen LogP contribution is -1.85. The van der Waals surface area contributed by atoms with Crippen molar-refractivity contribution < 1.29 is 10.0 Å². The number of non-ortho nitro benzene ring substituents is 1. The minimum Gasteiger partial charge on any atom is -0.505 e. The maximum Gasteiger partial charge on any atom is 0.270 e. The standard InChI is InChI=1S/C8H4INO3S/c9-8-7(11)5-3-4(10(12)13)1-2-6(5)14-8/h1-3,11H. The Morgan fingerprint density at radius 3 is 2.86 bits per heavy atom. The molecule has 0 spiro atoms. The van der Waals surface area contributed by atoms with Crippen molar-refractivity contribution in [2.24, 2.45) is 0 Å². The number of halogens is 1. The van der Waals surface area contributed by atoms with Crippen molar-refractivity contribution in [3.63, 3.8) is 0 Å². The SMILES string of the molecule is O=[N+]([O-])c1ccc2sc(I)c(O)c2c1. The molecule has 4 nitrogen and oxygen atoms in total. The van der Waals surface area contributed by atoms with E-state index in [4.69, 9.17) is 0 Å². The smallest absolute Gasteiger partial charge is 0.270 e. The largest absolute Gasteiger partial charge is 0.505 e. The van der Waals surface area contributed by atoms with E-state index < -0.39 is 4.92 Å². The maximum atomic E-state index is 10.5.